The number of carbonyl (C=O) groups is 2. The van der Waals surface area contributed by atoms with Crippen molar-refractivity contribution in [1.82, 2.24) is 10.2 Å². The SMILES string of the molecule is COC(=O)C(CN1CCC(OC)C1)NC(C)=O. The first-order valence-corrected chi connectivity index (χ1v) is 5.67. The lowest BCUT2D eigenvalue weighted by molar-refractivity contribution is -0.145. The van der Waals surface area contributed by atoms with E-state index in [0.717, 1.165) is 19.5 Å². The highest BCUT2D eigenvalue weighted by Gasteiger charge is 2.28. The van der Waals surface area contributed by atoms with Gasteiger partial charge in [-0.1, -0.05) is 0 Å². The number of carbonyl (C=O) groups excluding carboxylic acids is 2. The minimum absolute atomic E-state index is 0.214. The molecule has 2 unspecified atom stereocenters. The molecule has 1 amide bonds. The first kappa shape index (κ1) is 13.9. The lowest BCUT2D eigenvalue weighted by Crippen LogP contribution is -2.48. The van der Waals surface area contributed by atoms with E-state index < -0.39 is 12.0 Å². The monoisotopic (exact) mass is 244 g/mol. The molecule has 1 aliphatic heterocycles. The molecule has 0 radical (unpaired) electrons. The van der Waals surface area contributed by atoms with E-state index in [1.54, 1.807) is 7.11 Å². The average Bonchev–Trinajstić information content (AvgIpc) is 2.74. The number of ether oxygens (including phenoxy) is 2. The van der Waals surface area contributed by atoms with Crippen molar-refractivity contribution in [3.63, 3.8) is 0 Å². The molecule has 1 rings (SSSR count). The van der Waals surface area contributed by atoms with Gasteiger partial charge in [-0.05, 0) is 6.42 Å². The second-order valence-electron chi connectivity index (χ2n) is 4.18. The smallest absolute Gasteiger partial charge is 0.329 e. The topological polar surface area (TPSA) is 67.9 Å². The first-order valence-electron chi connectivity index (χ1n) is 5.67. The molecule has 2 atom stereocenters. The van der Waals surface area contributed by atoms with Crippen LogP contribution in [0.4, 0.5) is 0 Å². The third-order valence-corrected chi connectivity index (χ3v) is 2.87. The Morgan fingerprint density at radius 2 is 2.18 bits per heavy atom. The van der Waals surface area contributed by atoms with Crippen molar-refractivity contribution in [2.75, 3.05) is 33.9 Å². The van der Waals surface area contributed by atoms with Gasteiger partial charge in [0.1, 0.15) is 6.04 Å². The van der Waals surface area contributed by atoms with E-state index in [0.29, 0.717) is 6.54 Å². The summed E-state index contributed by atoms with van der Waals surface area (Å²) in [5.41, 5.74) is 0. The summed E-state index contributed by atoms with van der Waals surface area (Å²) in [7, 11) is 3.00. The standard InChI is InChI=1S/C11H20N2O4/c1-8(14)12-10(11(15)17-3)7-13-5-4-9(6-13)16-2/h9-10H,4-7H2,1-3H3,(H,12,14). The van der Waals surface area contributed by atoms with Crippen LogP contribution in [-0.2, 0) is 19.1 Å². The number of rotatable bonds is 5. The summed E-state index contributed by atoms with van der Waals surface area (Å²) in [6, 6.07) is -0.604. The van der Waals surface area contributed by atoms with Gasteiger partial charge in [-0.3, -0.25) is 9.69 Å². The highest BCUT2D eigenvalue weighted by molar-refractivity contribution is 5.83. The molecule has 0 aromatic carbocycles. The minimum Gasteiger partial charge on any atom is -0.467 e. The van der Waals surface area contributed by atoms with Crippen molar-refractivity contribution in [2.24, 2.45) is 0 Å². The Kier molecular flexibility index (Phi) is 5.37. The molecule has 0 bridgehead atoms. The fourth-order valence-electron chi connectivity index (χ4n) is 1.98. The molecular formula is C11H20N2O4. The summed E-state index contributed by atoms with van der Waals surface area (Å²) < 4.78 is 9.91. The number of amides is 1. The molecule has 1 fully saturated rings. The molecule has 6 nitrogen and oxygen atoms in total. The number of esters is 1. The summed E-state index contributed by atoms with van der Waals surface area (Å²) in [5.74, 6) is -0.649. The van der Waals surface area contributed by atoms with Gasteiger partial charge < -0.3 is 14.8 Å². The summed E-state index contributed by atoms with van der Waals surface area (Å²) in [4.78, 5) is 24.6. The van der Waals surface area contributed by atoms with E-state index in [2.05, 4.69) is 15.0 Å². The van der Waals surface area contributed by atoms with Crippen molar-refractivity contribution in [3.8, 4) is 0 Å². The highest BCUT2D eigenvalue weighted by Crippen LogP contribution is 2.12. The van der Waals surface area contributed by atoms with E-state index in [1.807, 2.05) is 0 Å². The average molecular weight is 244 g/mol. The van der Waals surface area contributed by atoms with Crippen molar-refractivity contribution in [3.05, 3.63) is 0 Å². The van der Waals surface area contributed by atoms with Crippen molar-refractivity contribution in [1.29, 1.82) is 0 Å². The molecule has 0 spiro atoms. The van der Waals surface area contributed by atoms with Gasteiger partial charge in [0, 0.05) is 33.7 Å². The number of nitrogens with one attached hydrogen (secondary N) is 1. The van der Waals surface area contributed by atoms with Gasteiger partial charge in [0.15, 0.2) is 0 Å². The Labute approximate surface area is 101 Å². The molecule has 1 heterocycles. The molecule has 1 N–H and O–H groups in total. The van der Waals surface area contributed by atoms with Crippen LogP contribution in [0.5, 0.6) is 0 Å². The zero-order valence-electron chi connectivity index (χ0n) is 10.6. The van der Waals surface area contributed by atoms with Gasteiger partial charge in [-0.15, -0.1) is 0 Å². The Morgan fingerprint density at radius 1 is 1.47 bits per heavy atom. The lowest BCUT2D eigenvalue weighted by Gasteiger charge is -2.22. The van der Waals surface area contributed by atoms with E-state index in [-0.39, 0.29) is 12.0 Å². The Bertz CT molecular complexity index is 283. The highest BCUT2D eigenvalue weighted by atomic mass is 16.5. The molecule has 0 aromatic rings. The third kappa shape index (κ3) is 4.32. The number of nitrogens with zero attached hydrogens (tertiary/aromatic N) is 1. The maximum atomic E-state index is 11.5. The molecule has 6 heteroatoms. The predicted molar refractivity (Wildman–Crippen MR) is 61.5 cm³/mol. The Morgan fingerprint density at radius 3 is 2.65 bits per heavy atom. The van der Waals surface area contributed by atoms with Gasteiger partial charge in [-0.25, -0.2) is 4.79 Å². The molecule has 17 heavy (non-hydrogen) atoms. The third-order valence-electron chi connectivity index (χ3n) is 2.87. The van der Waals surface area contributed by atoms with E-state index >= 15 is 0 Å². The van der Waals surface area contributed by atoms with E-state index in [1.165, 1.54) is 14.0 Å². The zero-order valence-corrected chi connectivity index (χ0v) is 10.6. The molecule has 0 aromatic heterocycles. The number of likely N-dealkylation sites (tertiary alicyclic amines) is 1. The first-order chi connectivity index (χ1) is 8.06. The molecular weight excluding hydrogens is 224 g/mol. The van der Waals surface area contributed by atoms with Crippen molar-refractivity contribution < 1.29 is 19.1 Å². The molecule has 1 saturated heterocycles. The van der Waals surface area contributed by atoms with Gasteiger partial charge in [0.25, 0.3) is 0 Å². The number of hydrogen-bond acceptors (Lipinski definition) is 5. The minimum atomic E-state index is -0.604. The normalized spacial score (nSPS) is 22.2. The number of methoxy groups -OCH3 is 2. The summed E-state index contributed by atoms with van der Waals surface area (Å²) in [5, 5.41) is 2.59. The quantitative estimate of drug-likeness (QED) is 0.653. The van der Waals surface area contributed by atoms with Crippen LogP contribution in [0.25, 0.3) is 0 Å². The van der Waals surface area contributed by atoms with Crippen LogP contribution < -0.4 is 5.32 Å². The Hall–Kier alpha value is -1.14. The summed E-state index contributed by atoms with van der Waals surface area (Å²) in [6.45, 7) is 3.50. The second-order valence-corrected chi connectivity index (χ2v) is 4.18. The van der Waals surface area contributed by atoms with E-state index in [4.69, 9.17) is 4.74 Å². The largest absolute Gasteiger partial charge is 0.467 e. The molecule has 0 saturated carbocycles. The molecule has 0 aliphatic carbocycles. The molecule has 1 aliphatic rings. The summed E-state index contributed by atoms with van der Waals surface area (Å²) in [6.07, 6.45) is 1.16. The fraction of sp³-hybridized carbons (Fsp3) is 0.818. The van der Waals surface area contributed by atoms with Crippen LogP contribution in [0.1, 0.15) is 13.3 Å². The van der Waals surface area contributed by atoms with E-state index in [9.17, 15) is 9.59 Å². The van der Waals surface area contributed by atoms with Crippen LogP contribution in [0.3, 0.4) is 0 Å². The van der Waals surface area contributed by atoms with Crippen molar-refractivity contribution >= 4 is 11.9 Å². The maximum absolute atomic E-state index is 11.5. The van der Waals surface area contributed by atoms with Crippen LogP contribution >= 0.6 is 0 Å². The van der Waals surface area contributed by atoms with Gasteiger partial charge in [0.2, 0.25) is 5.91 Å². The van der Waals surface area contributed by atoms with Gasteiger partial charge >= 0.3 is 5.97 Å². The lowest BCUT2D eigenvalue weighted by atomic mass is 10.2. The summed E-state index contributed by atoms with van der Waals surface area (Å²) >= 11 is 0. The van der Waals surface area contributed by atoms with Gasteiger partial charge in [0.05, 0.1) is 13.2 Å². The maximum Gasteiger partial charge on any atom is 0.329 e. The van der Waals surface area contributed by atoms with Crippen LogP contribution in [0.2, 0.25) is 0 Å². The van der Waals surface area contributed by atoms with Crippen LogP contribution in [0, 0.1) is 0 Å². The fourth-order valence-corrected chi connectivity index (χ4v) is 1.98. The zero-order chi connectivity index (χ0) is 12.8. The van der Waals surface area contributed by atoms with Crippen LogP contribution in [-0.4, -0.2) is 62.8 Å². The van der Waals surface area contributed by atoms with Gasteiger partial charge in [-0.2, -0.15) is 0 Å². The molecule has 98 valence electrons. The number of hydrogen-bond donors (Lipinski definition) is 1. The Balaban J connectivity index is 2.48. The van der Waals surface area contributed by atoms with Crippen molar-refractivity contribution in [2.45, 2.75) is 25.5 Å². The van der Waals surface area contributed by atoms with Crippen LogP contribution in [0.15, 0.2) is 0 Å². The second kappa shape index (κ2) is 6.56. The predicted octanol–water partition coefficient (Wildman–Crippen LogP) is -0.615.